The number of carbonyl (C=O) groups excluding carboxylic acids is 1. The summed E-state index contributed by atoms with van der Waals surface area (Å²) >= 11 is 1.45. The van der Waals surface area contributed by atoms with Crippen molar-refractivity contribution < 1.29 is 4.79 Å². The second-order valence-corrected chi connectivity index (χ2v) is 7.75. The smallest absolute Gasteiger partial charge is 0.159 e. The fourth-order valence-electron chi connectivity index (χ4n) is 3.18. The number of para-hydroxylation sites is 1. The van der Waals surface area contributed by atoms with Crippen LogP contribution in [0.3, 0.4) is 0 Å². The second-order valence-electron chi connectivity index (χ2n) is 6.77. The third kappa shape index (κ3) is 7.29. The van der Waals surface area contributed by atoms with Gasteiger partial charge in [-0.3, -0.25) is 10.2 Å². The summed E-state index contributed by atoms with van der Waals surface area (Å²) in [7, 11) is 4.06. The van der Waals surface area contributed by atoms with Crippen LogP contribution in [0.2, 0.25) is 0 Å². The zero-order valence-electron chi connectivity index (χ0n) is 16.6. The van der Waals surface area contributed by atoms with Gasteiger partial charge in [-0.05, 0) is 62.4 Å². The minimum Gasteiger partial charge on any atom is -0.362 e. The fraction of sp³-hybridized carbons (Fsp3) is 0.364. The van der Waals surface area contributed by atoms with Crippen molar-refractivity contribution in [2.24, 2.45) is 0 Å². The van der Waals surface area contributed by atoms with Crippen LogP contribution >= 0.6 is 11.3 Å². The highest BCUT2D eigenvalue weighted by atomic mass is 32.1. The van der Waals surface area contributed by atoms with E-state index in [2.05, 4.69) is 15.5 Å². The van der Waals surface area contributed by atoms with Crippen molar-refractivity contribution in [2.45, 2.75) is 37.8 Å². The molecule has 0 saturated heterocycles. The molecule has 1 aromatic heterocycles. The number of likely N-dealkylation sites (N-methyl/N-ethyl adjacent to an activating group) is 1. The third-order valence-corrected chi connectivity index (χ3v) is 5.75. The first-order chi connectivity index (χ1) is 13.6. The number of benzene rings is 1. The first-order valence-corrected chi connectivity index (χ1v) is 10.5. The Morgan fingerprint density at radius 2 is 1.86 bits per heavy atom. The lowest BCUT2D eigenvalue weighted by molar-refractivity contribution is 0.112. The molecule has 1 saturated carbocycles. The maximum Gasteiger partial charge on any atom is 0.159 e. The number of nitrogens with one attached hydrogen (secondary N) is 3. The van der Waals surface area contributed by atoms with E-state index in [0.29, 0.717) is 17.9 Å². The number of amidine groups is 1. The average Bonchev–Trinajstić information content (AvgIpc) is 3.28. The van der Waals surface area contributed by atoms with Crippen molar-refractivity contribution in [1.29, 1.82) is 5.41 Å². The largest absolute Gasteiger partial charge is 0.362 e. The zero-order chi connectivity index (χ0) is 20.2. The first kappa shape index (κ1) is 21.9. The van der Waals surface area contributed by atoms with E-state index in [1.54, 1.807) is 6.07 Å². The van der Waals surface area contributed by atoms with Crippen LogP contribution in [0.25, 0.3) is 0 Å². The van der Waals surface area contributed by atoms with Crippen LogP contribution in [-0.4, -0.2) is 43.2 Å². The molecule has 3 N–H and O–H groups in total. The Morgan fingerprint density at radius 1 is 1.14 bits per heavy atom. The van der Waals surface area contributed by atoms with Crippen LogP contribution in [0.15, 0.2) is 60.1 Å². The summed E-state index contributed by atoms with van der Waals surface area (Å²) in [6.07, 6.45) is 9.24. The van der Waals surface area contributed by atoms with Crippen molar-refractivity contribution >= 4 is 29.1 Å². The summed E-state index contributed by atoms with van der Waals surface area (Å²) in [6.45, 7) is 0. The molecule has 0 aliphatic heterocycles. The van der Waals surface area contributed by atoms with Crippen molar-refractivity contribution in [3.8, 4) is 0 Å². The zero-order valence-corrected chi connectivity index (χ0v) is 17.4. The Hall–Kier alpha value is -2.44. The van der Waals surface area contributed by atoms with Gasteiger partial charge in [0.15, 0.2) is 6.29 Å². The van der Waals surface area contributed by atoms with Crippen LogP contribution in [-0.2, 0) is 0 Å². The molecule has 1 heterocycles. The van der Waals surface area contributed by atoms with Gasteiger partial charge in [0.2, 0.25) is 0 Å². The third-order valence-electron chi connectivity index (χ3n) is 4.96. The molecule has 1 aromatic carbocycles. The number of rotatable bonds is 6. The molecular weight excluding hydrogens is 368 g/mol. The molecule has 0 amide bonds. The Kier molecular flexibility index (Phi) is 9.45. The molecule has 3 rings (SSSR count). The standard InChI is InChI=1S/C17H26N4.C5H4OS/c1-19-14-8-10-16(11-9-14)21(2)17(18)12-13-20-15-6-4-3-5-7-15;6-4-5-2-1-3-7-5/h3-7,12-14,16,18-20H,8-11H2,1-2H3;1-4H/b13-12-,18-17?;. The molecule has 0 unspecified atom stereocenters. The molecule has 5 nitrogen and oxygen atoms in total. The van der Waals surface area contributed by atoms with Gasteiger partial charge in [-0.1, -0.05) is 24.3 Å². The van der Waals surface area contributed by atoms with Crippen LogP contribution in [0.5, 0.6) is 0 Å². The highest BCUT2D eigenvalue weighted by molar-refractivity contribution is 7.11. The van der Waals surface area contributed by atoms with Crippen LogP contribution < -0.4 is 10.6 Å². The van der Waals surface area contributed by atoms with Crippen LogP contribution in [0.4, 0.5) is 5.69 Å². The van der Waals surface area contributed by atoms with E-state index < -0.39 is 0 Å². The summed E-state index contributed by atoms with van der Waals surface area (Å²) in [4.78, 5) is 12.8. The van der Waals surface area contributed by atoms with Gasteiger partial charge in [0, 0.05) is 31.0 Å². The Labute approximate surface area is 172 Å². The lowest BCUT2D eigenvalue weighted by Crippen LogP contribution is -2.41. The summed E-state index contributed by atoms with van der Waals surface area (Å²) in [5, 5.41) is 16.6. The lowest BCUT2D eigenvalue weighted by Gasteiger charge is -2.35. The van der Waals surface area contributed by atoms with Gasteiger partial charge >= 0.3 is 0 Å². The number of anilines is 1. The quantitative estimate of drug-likeness (QED) is 0.377. The van der Waals surface area contributed by atoms with E-state index >= 15 is 0 Å². The maximum atomic E-state index is 9.88. The predicted molar refractivity (Wildman–Crippen MR) is 120 cm³/mol. The number of hydrogen-bond acceptors (Lipinski definition) is 5. The lowest BCUT2D eigenvalue weighted by atomic mass is 9.90. The number of thiophene rings is 1. The molecule has 1 aliphatic rings. The summed E-state index contributed by atoms with van der Waals surface area (Å²) < 4.78 is 0. The molecule has 0 radical (unpaired) electrons. The van der Waals surface area contributed by atoms with Gasteiger partial charge in [0.25, 0.3) is 0 Å². The molecule has 0 spiro atoms. The highest BCUT2D eigenvalue weighted by Crippen LogP contribution is 2.22. The van der Waals surface area contributed by atoms with E-state index in [1.807, 2.05) is 68.1 Å². The van der Waals surface area contributed by atoms with E-state index in [9.17, 15) is 4.79 Å². The number of nitrogens with zero attached hydrogens (tertiary/aromatic N) is 1. The topological polar surface area (TPSA) is 68.2 Å². The SMILES string of the molecule is CNC1CCC(N(C)C(=N)/C=C\Nc2ccccc2)CC1.O=Cc1cccs1. The molecule has 150 valence electrons. The van der Waals surface area contributed by atoms with Gasteiger partial charge in [-0.15, -0.1) is 11.3 Å². The van der Waals surface area contributed by atoms with E-state index in [0.717, 1.165) is 29.7 Å². The Bertz CT molecular complexity index is 722. The second kappa shape index (κ2) is 12.1. The van der Waals surface area contributed by atoms with Gasteiger partial charge in [-0.25, -0.2) is 0 Å². The van der Waals surface area contributed by atoms with Crippen LogP contribution in [0.1, 0.15) is 35.4 Å². The molecule has 28 heavy (non-hydrogen) atoms. The monoisotopic (exact) mass is 398 g/mol. The van der Waals surface area contributed by atoms with Gasteiger partial charge < -0.3 is 15.5 Å². The van der Waals surface area contributed by atoms with Gasteiger partial charge in [0.1, 0.15) is 5.84 Å². The first-order valence-electron chi connectivity index (χ1n) is 9.59. The predicted octanol–water partition coefficient (Wildman–Crippen LogP) is 4.61. The Balaban J connectivity index is 0.000000336. The van der Waals surface area contributed by atoms with Crippen LogP contribution in [0, 0.1) is 5.41 Å². The molecule has 0 bridgehead atoms. The molecule has 2 aromatic rings. The van der Waals surface area contributed by atoms with E-state index in [-0.39, 0.29) is 0 Å². The average molecular weight is 399 g/mol. The number of aldehydes is 1. The Morgan fingerprint density at radius 3 is 2.39 bits per heavy atom. The van der Waals surface area contributed by atoms with Gasteiger partial charge in [0.05, 0.1) is 4.88 Å². The van der Waals surface area contributed by atoms with E-state index in [4.69, 9.17) is 5.41 Å². The minimum atomic E-state index is 0.489. The molecule has 6 heteroatoms. The van der Waals surface area contributed by atoms with Crippen molar-refractivity contribution in [2.75, 3.05) is 19.4 Å². The van der Waals surface area contributed by atoms with Crippen molar-refractivity contribution in [3.63, 3.8) is 0 Å². The summed E-state index contributed by atoms with van der Waals surface area (Å²) in [5.74, 6) is 0.561. The summed E-state index contributed by atoms with van der Waals surface area (Å²) in [6, 6.07) is 14.8. The minimum absolute atomic E-state index is 0.489. The highest BCUT2D eigenvalue weighted by Gasteiger charge is 2.23. The van der Waals surface area contributed by atoms with E-state index in [1.165, 1.54) is 24.2 Å². The molecule has 1 fully saturated rings. The maximum absolute atomic E-state index is 9.88. The molecule has 1 aliphatic carbocycles. The number of hydrogen-bond donors (Lipinski definition) is 3. The van der Waals surface area contributed by atoms with Gasteiger partial charge in [-0.2, -0.15) is 0 Å². The number of carbonyl (C=O) groups is 1. The van der Waals surface area contributed by atoms with Crippen molar-refractivity contribution in [3.05, 3.63) is 65.0 Å². The normalized spacial score (nSPS) is 18.8. The molecule has 0 atom stereocenters. The fourth-order valence-corrected chi connectivity index (χ4v) is 3.70. The van der Waals surface area contributed by atoms with Crippen molar-refractivity contribution in [1.82, 2.24) is 10.2 Å². The molecular formula is C22H30N4OS. The summed E-state index contributed by atoms with van der Waals surface area (Å²) in [5.41, 5.74) is 1.04.